The molecule has 0 aliphatic carbocycles. The normalized spacial score (nSPS) is 10.1. The van der Waals surface area contributed by atoms with Crippen LogP contribution in [0.3, 0.4) is 0 Å². The second-order valence-electron chi connectivity index (χ2n) is 4.29. The van der Waals surface area contributed by atoms with Crippen LogP contribution < -0.4 is 10.1 Å². The molecule has 0 heterocycles. The van der Waals surface area contributed by atoms with Gasteiger partial charge in [0.05, 0.1) is 5.69 Å². The van der Waals surface area contributed by atoms with Crippen molar-refractivity contribution in [3.05, 3.63) is 53.8 Å². The first-order valence-corrected chi connectivity index (χ1v) is 6.03. The summed E-state index contributed by atoms with van der Waals surface area (Å²) >= 11 is 0. The number of anilines is 1. The molecule has 2 aromatic rings. The van der Waals surface area contributed by atoms with Gasteiger partial charge < -0.3 is 15.2 Å². The van der Waals surface area contributed by atoms with Gasteiger partial charge in [-0.3, -0.25) is 4.79 Å². The number of rotatable bonds is 4. The van der Waals surface area contributed by atoms with Crippen LogP contribution in [0.5, 0.6) is 11.5 Å². The lowest BCUT2D eigenvalue weighted by molar-refractivity contribution is -0.118. The van der Waals surface area contributed by atoms with Gasteiger partial charge in [0, 0.05) is 0 Å². The van der Waals surface area contributed by atoms with Gasteiger partial charge in [0.1, 0.15) is 5.82 Å². The molecule has 0 aliphatic heterocycles. The predicted octanol–water partition coefficient (Wildman–Crippen LogP) is 2.86. The third-order valence-corrected chi connectivity index (χ3v) is 2.62. The lowest BCUT2D eigenvalue weighted by Crippen LogP contribution is -2.20. The van der Waals surface area contributed by atoms with Crippen LogP contribution in [0.1, 0.15) is 5.56 Å². The Hall–Kier alpha value is -2.56. The molecule has 2 aromatic carbocycles. The third-order valence-electron chi connectivity index (χ3n) is 2.62. The topological polar surface area (TPSA) is 58.6 Å². The van der Waals surface area contributed by atoms with Crippen molar-refractivity contribution in [2.45, 2.75) is 6.92 Å². The molecular formula is C15H14FNO3. The van der Waals surface area contributed by atoms with E-state index >= 15 is 0 Å². The van der Waals surface area contributed by atoms with E-state index in [0.29, 0.717) is 0 Å². The Kier molecular flexibility index (Phi) is 4.20. The van der Waals surface area contributed by atoms with Crippen molar-refractivity contribution >= 4 is 11.6 Å². The summed E-state index contributed by atoms with van der Waals surface area (Å²) in [6.45, 7) is 1.45. The summed E-state index contributed by atoms with van der Waals surface area (Å²) in [4.78, 5) is 11.6. The highest BCUT2D eigenvalue weighted by Crippen LogP contribution is 2.24. The third kappa shape index (κ3) is 3.47. The average Bonchev–Trinajstić information content (AvgIpc) is 2.41. The molecule has 2 N–H and O–H groups in total. The number of aromatic hydroxyl groups is 1. The molecule has 0 saturated carbocycles. The van der Waals surface area contributed by atoms with Gasteiger partial charge in [0.2, 0.25) is 0 Å². The van der Waals surface area contributed by atoms with Gasteiger partial charge in [0.25, 0.3) is 5.91 Å². The van der Waals surface area contributed by atoms with E-state index in [1.165, 1.54) is 24.3 Å². The zero-order valence-corrected chi connectivity index (χ0v) is 10.9. The fraction of sp³-hybridized carbons (Fsp3) is 0.133. The molecule has 0 atom stereocenters. The predicted molar refractivity (Wildman–Crippen MR) is 73.4 cm³/mol. The molecule has 0 fully saturated rings. The number of carbonyl (C=O) groups is 1. The molecule has 0 aromatic heterocycles. The molecule has 0 aliphatic rings. The summed E-state index contributed by atoms with van der Waals surface area (Å²) in [5, 5.41) is 11.9. The Bertz CT molecular complexity index is 628. The summed E-state index contributed by atoms with van der Waals surface area (Å²) in [5.74, 6) is -0.856. The van der Waals surface area contributed by atoms with E-state index in [1.54, 1.807) is 25.1 Å². The first kappa shape index (κ1) is 13.9. The van der Waals surface area contributed by atoms with Gasteiger partial charge in [-0.05, 0) is 36.8 Å². The molecular weight excluding hydrogens is 261 g/mol. The highest BCUT2D eigenvalue weighted by atomic mass is 19.1. The number of ether oxygens (including phenoxy) is 1. The van der Waals surface area contributed by atoms with Crippen molar-refractivity contribution in [3.8, 4) is 11.5 Å². The van der Waals surface area contributed by atoms with E-state index in [2.05, 4.69) is 5.32 Å². The van der Waals surface area contributed by atoms with Crippen LogP contribution in [0.2, 0.25) is 0 Å². The number of halogens is 1. The molecule has 0 spiro atoms. The summed E-state index contributed by atoms with van der Waals surface area (Å²) < 4.78 is 18.7. The van der Waals surface area contributed by atoms with E-state index in [9.17, 15) is 14.3 Å². The number of amides is 1. The van der Waals surface area contributed by atoms with E-state index < -0.39 is 11.7 Å². The number of aryl methyl sites for hydroxylation is 1. The molecule has 0 radical (unpaired) electrons. The van der Waals surface area contributed by atoms with Gasteiger partial charge in [-0.25, -0.2) is 4.39 Å². The molecule has 5 heteroatoms. The quantitative estimate of drug-likeness (QED) is 0.902. The Labute approximate surface area is 115 Å². The second-order valence-corrected chi connectivity index (χ2v) is 4.29. The minimum Gasteiger partial charge on any atom is -0.504 e. The van der Waals surface area contributed by atoms with Gasteiger partial charge >= 0.3 is 0 Å². The second kappa shape index (κ2) is 6.06. The maximum Gasteiger partial charge on any atom is 0.262 e. The summed E-state index contributed by atoms with van der Waals surface area (Å²) in [7, 11) is 0. The Morgan fingerprint density at radius 3 is 2.75 bits per heavy atom. The number of nitrogens with one attached hydrogen (secondary N) is 1. The van der Waals surface area contributed by atoms with E-state index in [4.69, 9.17) is 4.74 Å². The maximum absolute atomic E-state index is 13.5. The van der Waals surface area contributed by atoms with Gasteiger partial charge in [-0.2, -0.15) is 0 Å². The minimum atomic E-state index is -0.504. The Morgan fingerprint density at radius 1 is 1.30 bits per heavy atom. The lowest BCUT2D eigenvalue weighted by Gasteiger charge is -2.09. The molecule has 0 saturated heterocycles. The van der Waals surface area contributed by atoms with Gasteiger partial charge in [-0.15, -0.1) is 0 Å². The zero-order chi connectivity index (χ0) is 14.5. The molecule has 104 valence electrons. The SMILES string of the molecule is Cc1ccc(NC(=O)COc2ccccc2O)c(F)c1. The summed E-state index contributed by atoms with van der Waals surface area (Å²) in [6, 6.07) is 10.8. The summed E-state index contributed by atoms with van der Waals surface area (Å²) in [5.41, 5.74) is 0.868. The fourth-order valence-corrected chi connectivity index (χ4v) is 1.63. The van der Waals surface area contributed by atoms with Crippen molar-refractivity contribution in [2.75, 3.05) is 11.9 Å². The largest absolute Gasteiger partial charge is 0.504 e. The first-order valence-electron chi connectivity index (χ1n) is 6.03. The molecule has 20 heavy (non-hydrogen) atoms. The maximum atomic E-state index is 13.5. The number of benzene rings is 2. The smallest absolute Gasteiger partial charge is 0.262 e. The van der Waals surface area contributed by atoms with Crippen LogP contribution in [0, 0.1) is 12.7 Å². The number of phenols is 1. The van der Waals surface area contributed by atoms with Crippen molar-refractivity contribution in [2.24, 2.45) is 0 Å². The number of para-hydroxylation sites is 2. The minimum absolute atomic E-state index is 0.0539. The number of phenolic OH excluding ortho intramolecular Hbond substituents is 1. The Morgan fingerprint density at radius 2 is 2.05 bits per heavy atom. The first-order chi connectivity index (χ1) is 9.56. The van der Waals surface area contributed by atoms with Crippen molar-refractivity contribution < 1.29 is 19.0 Å². The van der Waals surface area contributed by atoms with E-state index in [0.717, 1.165) is 5.56 Å². The van der Waals surface area contributed by atoms with E-state index in [-0.39, 0.29) is 23.8 Å². The van der Waals surface area contributed by atoms with Crippen LogP contribution in [0.4, 0.5) is 10.1 Å². The van der Waals surface area contributed by atoms with Crippen molar-refractivity contribution in [1.82, 2.24) is 0 Å². The van der Waals surface area contributed by atoms with Gasteiger partial charge in [-0.1, -0.05) is 18.2 Å². The average molecular weight is 275 g/mol. The Balaban J connectivity index is 1.94. The fourth-order valence-electron chi connectivity index (χ4n) is 1.63. The van der Waals surface area contributed by atoms with Crippen LogP contribution in [-0.2, 0) is 4.79 Å². The lowest BCUT2D eigenvalue weighted by atomic mass is 10.2. The molecule has 1 amide bonds. The van der Waals surface area contributed by atoms with Crippen molar-refractivity contribution in [1.29, 1.82) is 0 Å². The standard InChI is InChI=1S/C15H14FNO3/c1-10-6-7-12(11(16)8-10)17-15(19)9-20-14-5-3-2-4-13(14)18/h2-8,18H,9H2,1H3,(H,17,19). The number of hydrogen-bond acceptors (Lipinski definition) is 3. The molecule has 0 bridgehead atoms. The van der Waals surface area contributed by atoms with Crippen LogP contribution >= 0.6 is 0 Å². The highest BCUT2D eigenvalue weighted by molar-refractivity contribution is 5.92. The van der Waals surface area contributed by atoms with E-state index in [1.807, 2.05) is 0 Å². The molecule has 0 unspecified atom stereocenters. The molecule has 4 nitrogen and oxygen atoms in total. The highest BCUT2D eigenvalue weighted by Gasteiger charge is 2.09. The van der Waals surface area contributed by atoms with Crippen LogP contribution in [0.25, 0.3) is 0 Å². The monoisotopic (exact) mass is 275 g/mol. The van der Waals surface area contributed by atoms with Crippen LogP contribution in [-0.4, -0.2) is 17.6 Å². The van der Waals surface area contributed by atoms with Crippen molar-refractivity contribution in [3.63, 3.8) is 0 Å². The molecule has 2 rings (SSSR count). The number of hydrogen-bond donors (Lipinski definition) is 2. The number of carbonyl (C=O) groups excluding carboxylic acids is 1. The summed E-state index contributed by atoms with van der Waals surface area (Å²) in [6.07, 6.45) is 0. The zero-order valence-electron chi connectivity index (χ0n) is 10.9. The van der Waals surface area contributed by atoms with Gasteiger partial charge in [0.15, 0.2) is 18.1 Å². The van der Waals surface area contributed by atoms with Crippen LogP contribution in [0.15, 0.2) is 42.5 Å².